The molecule has 0 radical (unpaired) electrons. The molecule has 148 valence electrons. The summed E-state index contributed by atoms with van der Waals surface area (Å²) in [6.07, 6.45) is 2.89. The number of nitrogens with one attached hydrogen (secondary N) is 1. The summed E-state index contributed by atoms with van der Waals surface area (Å²) in [5, 5.41) is 20.2. The number of halogens is 1. The van der Waals surface area contributed by atoms with E-state index in [4.69, 9.17) is 9.47 Å². The largest absolute Gasteiger partial charge is 0.493 e. The normalized spacial score (nSPS) is 10.7. The van der Waals surface area contributed by atoms with Gasteiger partial charge in [0.1, 0.15) is 5.82 Å². The van der Waals surface area contributed by atoms with Gasteiger partial charge >= 0.3 is 17.2 Å². The summed E-state index contributed by atoms with van der Waals surface area (Å²) in [5.41, 5.74) is -1.48. The van der Waals surface area contributed by atoms with Crippen molar-refractivity contribution in [3.05, 3.63) is 47.6 Å². The molecule has 2 N–H and O–H groups in total. The zero-order chi connectivity index (χ0) is 20.8. The van der Waals surface area contributed by atoms with Crippen LogP contribution in [-0.2, 0) is 9.53 Å². The third-order valence-electron chi connectivity index (χ3n) is 3.32. The average Bonchev–Trinajstić information content (AvgIpc) is 2.63. The topological polar surface area (TPSA) is 154 Å². The average molecular weight is 503 g/mol. The fourth-order valence-electron chi connectivity index (χ4n) is 2.06. The number of carbonyl (C=O) groups excluding carboxylic acids is 1. The number of benzene rings is 1. The molecule has 0 aliphatic heterocycles. The Bertz CT molecular complexity index is 1000. The van der Waals surface area contributed by atoms with Crippen molar-refractivity contribution < 1.29 is 29.0 Å². The van der Waals surface area contributed by atoms with Gasteiger partial charge in [0, 0.05) is 0 Å². The maximum Gasteiger partial charge on any atom is 0.395 e. The van der Waals surface area contributed by atoms with Crippen LogP contribution in [0, 0.1) is 13.7 Å². The Labute approximate surface area is 171 Å². The molecule has 28 heavy (non-hydrogen) atoms. The molecule has 0 spiro atoms. The third-order valence-corrected chi connectivity index (χ3v) is 4.13. The maximum absolute atomic E-state index is 11.7. The summed E-state index contributed by atoms with van der Waals surface area (Å²) in [7, 11) is 2.67. The van der Waals surface area contributed by atoms with E-state index in [9.17, 15) is 24.8 Å². The van der Waals surface area contributed by atoms with E-state index in [1.807, 2.05) is 22.6 Å². The molecule has 1 heterocycles. The fourth-order valence-corrected chi connectivity index (χ4v) is 2.84. The molecule has 1 aromatic carbocycles. The summed E-state index contributed by atoms with van der Waals surface area (Å²) in [5.74, 6) is -0.899. The number of aromatic hydroxyl groups is 1. The summed E-state index contributed by atoms with van der Waals surface area (Å²) < 4.78 is 15.8. The number of aromatic nitrogens is 2. The predicted octanol–water partition coefficient (Wildman–Crippen LogP) is 1.72. The molecule has 12 heteroatoms. The zero-order valence-electron chi connectivity index (χ0n) is 14.6. The van der Waals surface area contributed by atoms with Crippen molar-refractivity contribution in [1.29, 1.82) is 0 Å². The molecule has 2 rings (SSSR count). The van der Waals surface area contributed by atoms with E-state index in [2.05, 4.69) is 14.7 Å². The van der Waals surface area contributed by atoms with Crippen molar-refractivity contribution in [1.82, 2.24) is 9.97 Å². The minimum atomic E-state index is -1.07. The van der Waals surface area contributed by atoms with Crippen LogP contribution >= 0.6 is 22.6 Å². The van der Waals surface area contributed by atoms with Gasteiger partial charge in [-0.15, -0.1) is 0 Å². The predicted molar refractivity (Wildman–Crippen MR) is 105 cm³/mol. The summed E-state index contributed by atoms with van der Waals surface area (Å²) in [6, 6.07) is 3.31. The Balaban J connectivity index is 2.32. The first kappa shape index (κ1) is 21.1. The van der Waals surface area contributed by atoms with Crippen LogP contribution < -0.4 is 15.0 Å². The van der Waals surface area contributed by atoms with Gasteiger partial charge in [-0.3, -0.25) is 14.9 Å². The molecule has 0 atom stereocenters. The van der Waals surface area contributed by atoms with E-state index in [-0.39, 0.29) is 12.4 Å². The number of aromatic amines is 1. The van der Waals surface area contributed by atoms with Crippen LogP contribution in [0.5, 0.6) is 17.4 Å². The molecule has 0 saturated carbocycles. The molecular formula is C16H14IN3O8. The number of nitrogens with zero attached hydrogens (tertiary/aromatic N) is 2. The van der Waals surface area contributed by atoms with E-state index < -0.39 is 28.0 Å². The molecule has 0 fully saturated rings. The highest BCUT2D eigenvalue weighted by atomic mass is 127. The second-order valence-corrected chi connectivity index (χ2v) is 6.27. The van der Waals surface area contributed by atoms with Crippen LogP contribution in [0.3, 0.4) is 0 Å². The molecule has 0 saturated heterocycles. The number of H-pyrrole nitrogens is 1. The van der Waals surface area contributed by atoms with Gasteiger partial charge < -0.3 is 24.3 Å². The number of rotatable bonds is 7. The lowest BCUT2D eigenvalue weighted by Gasteiger charge is -2.12. The Hall–Kier alpha value is -3.16. The van der Waals surface area contributed by atoms with E-state index in [1.165, 1.54) is 26.4 Å². The summed E-state index contributed by atoms with van der Waals surface area (Å²) >= 11 is 1.99. The van der Waals surface area contributed by atoms with E-state index in [1.54, 1.807) is 12.1 Å². The number of hydrogen-bond acceptors (Lipinski definition) is 9. The SMILES string of the molecule is COC(=O)COc1c(I)cc(/C=C/c2nc(O)c([N+](=O)[O-])c(=O)[nH]2)cc1OC. The highest BCUT2D eigenvalue weighted by Crippen LogP contribution is 2.34. The minimum absolute atomic E-state index is 0.0758. The molecule has 0 aliphatic rings. The first-order chi connectivity index (χ1) is 13.3. The number of esters is 1. The molecule has 11 nitrogen and oxygen atoms in total. The quantitative estimate of drug-likeness (QED) is 0.249. The molecule has 0 bridgehead atoms. The van der Waals surface area contributed by atoms with Crippen molar-refractivity contribution >= 4 is 46.4 Å². The van der Waals surface area contributed by atoms with Crippen molar-refractivity contribution in [3.8, 4) is 17.4 Å². The maximum atomic E-state index is 11.7. The van der Waals surface area contributed by atoms with Gasteiger partial charge in [-0.25, -0.2) is 4.79 Å². The Kier molecular flexibility index (Phi) is 6.92. The Morgan fingerprint density at radius 3 is 2.68 bits per heavy atom. The van der Waals surface area contributed by atoms with Gasteiger partial charge in [-0.2, -0.15) is 4.98 Å². The molecule has 2 aromatic rings. The number of hydrogen-bond donors (Lipinski definition) is 2. The zero-order valence-corrected chi connectivity index (χ0v) is 16.8. The first-order valence-corrected chi connectivity index (χ1v) is 8.57. The standard InChI is InChI=1S/C16H14IN3O8/c1-26-10-6-8(5-9(17)14(10)28-7-12(21)27-2)3-4-11-18-15(22)13(20(24)25)16(23)19-11/h3-6H,7H2,1-2H3,(H2,18,19,22,23)/b4-3+. The van der Waals surface area contributed by atoms with Crippen LogP contribution in [0.15, 0.2) is 16.9 Å². The van der Waals surface area contributed by atoms with E-state index >= 15 is 0 Å². The van der Waals surface area contributed by atoms with Gasteiger partial charge in [-0.05, 0) is 46.4 Å². The Morgan fingerprint density at radius 1 is 1.39 bits per heavy atom. The van der Waals surface area contributed by atoms with Gasteiger partial charge in [-0.1, -0.05) is 6.08 Å². The highest BCUT2D eigenvalue weighted by Gasteiger charge is 2.21. The number of ether oxygens (including phenoxy) is 3. The third kappa shape index (κ3) is 4.97. The lowest BCUT2D eigenvalue weighted by molar-refractivity contribution is -0.387. The Morgan fingerprint density at radius 2 is 2.11 bits per heavy atom. The molecule has 0 aliphatic carbocycles. The summed E-state index contributed by atoms with van der Waals surface area (Å²) in [6.45, 7) is -0.286. The summed E-state index contributed by atoms with van der Waals surface area (Å²) in [4.78, 5) is 38.4. The number of nitro groups is 1. The van der Waals surface area contributed by atoms with Crippen molar-refractivity contribution in [2.24, 2.45) is 0 Å². The lowest BCUT2D eigenvalue weighted by Crippen LogP contribution is -2.14. The van der Waals surface area contributed by atoms with Crippen molar-refractivity contribution in [2.75, 3.05) is 20.8 Å². The molecule has 1 aromatic heterocycles. The van der Waals surface area contributed by atoms with Crippen LogP contribution in [0.4, 0.5) is 5.69 Å². The number of carbonyl (C=O) groups is 1. The smallest absolute Gasteiger partial charge is 0.395 e. The molecular weight excluding hydrogens is 489 g/mol. The highest BCUT2D eigenvalue weighted by molar-refractivity contribution is 14.1. The van der Waals surface area contributed by atoms with Gasteiger partial charge in [0.25, 0.3) is 5.88 Å². The monoisotopic (exact) mass is 503 g/mol. The second kappa shape index (κ2) is 9.16. The first-order valence-electron chi connectivity index (χ1n) is 7.49. The van der Waals surface area contributed by atoms with Crippen molar-refractivity contribution in [3.63, 3.8) is 0 Å². The number of methoxy groups -OCH3 is 2. The lowest BCUT2D eigenvalue weighted by atomic mass is 10.2. The van der Waals surface area contributed by atoms with Crippen LogP contribution in [-0.4, -0.2) is 46.8 Å². The van der Waals surface area contributed by atoms with E-state index in [0.29, 0.717) is 20.6 Å². The van der Waals surface area contributed by atoms with Crippen molar-refractivity contribution in [2.45, 2.75) is 0 Å². The molecule has 0 amide bonds. The van der Waals surface area contributed by atoms with Crippen LogP contribution in [0.25, 0.3) is 12.2 Å². The molecule has 0 unspecified atom stereocenters. The van der Waals surface area contributed by atoms with Gasteiger partial charge in [0.2, 0.25) is 0 Å². The second-order valence-electron chi connectivity index (χ2n) is 5.11. The minimum Gasteiger partial charge on any atom is -0.493 e. The van der Waals surface area contributed by atoms with Crippen LogP contribution in [0.1, 0.15) is 11.4 Å². The van der Waals surface area contributed by atoms with Gasteiger partial charge in [0.05, 0.1) is 22.7 Å². The van der Waals surface area contributed by atoms with E-state index in [0.717, 1.165) is 0 Å². The van der Waals surface area contributed by atoms with Crippen LogP contribution in [0.2, 0.25) is 0 Å². The fraction of sp³-hybridized carbons (Fsp3) is 0.188. The van der Waals surface area contributed by atoms with Gasteiger partial charge in [0.15, 0.2) is 18.1 Å².